The molecule has 0 bridgehead atoms. The number of halogens is 5. The van der Waals surface area contributed by atoms with Gasteiger partial charge in [0.25, 0.3) is 0 Å². The van der Waals surface area contributed by atoms with E-state index >= 15 is 0 Å². The average Bonchev–Trinajstić information content (AvgIpc) is 2.97. The summed E-state index contributed by atoms with van der Waals surface area (Å²) in [4.78, 5) is 1.39. The number of nitrogens with zero attached hydrogens (tertiary/aromatic N) is 2. The molecule has 2 atom stereocenters. The third-order valence-electron chi connectivity index (χ3n) is 4.36. The number of hydrogen-bond donors (Lipinski definition) is 1. The first-order valence-corrected chi connectivity index (χ1v) is 7.71. The number of β-amino-alcohol motifs (C(OH)–C–C–N with tert-alkyl or cyclic N) is 1. The number of aliphatic hydroxyl groups is 1. The Kier molecular flexibility index (Phi) is 4.59. The Bertz CT molecular complexity index is 875. The van der Waals surface area contributed by atoms with Gasteiger partial charge in [-0.25, -0.2) is 8.78 Å². The van der Waals surface area contributed by atoms with Crippen LogP contribution in [0.4, 0.5) is 27.6 Å². The van der Waals surface area contributed by atoms with Crippen LogP contribution in [0.25, 0.3) is 0 Å². The molecule has 1 N–H and O–H groups in total. The molecular formula is C18H13F5N2O. The molecule has 1 aliphatic heterocycles. The third kappa shape index (κ3) is 3.35. The van der Waals surface area contributed by atoms with E-state index in [9.17, 15) is 27.1 Å². The topological polar surface area (TPSA) is 47.3 Å². The first-order valence-electron chi connectivity index (χ1n) is 7.71. The van der Waals surface area contributed by atoms with Gasteiger partial charge in [-0.3, -0.25) is 0 Å². The van der Waals surface area contributed by atoms with Crippen LogP contribution in [0.1, 0.15) is 29.2 Å². The van der Waals surface area contributed by atoms with Gasteiger partial charge in [0.2, 0.25) is 0 Å². The molecule has 1 fully saturated rings. The van der Waals surface area contributed by atoms with Crippen molar-refractivity contribution in [2.24, 2.45) is 0 Å². The number of benzene rings is 2. The smallest absolute Gasteiger partial charge is 0.391 e. The van der Waals surface area contributed by atoms with Crippen molar-refractivity contribution in [2.45, 2.75) is 24.7 Å². The second-order valence-corrected chi connectivity index (χ2v) is 6.06. The minimum absolute atomic E-state index is 0.0379. The van der Waals surface area contributed by atoms with Crippen molar-refractivity contribution in [3.8, 4) is 6.07 Å². The zero-order valence-electron chi connectivity index (χ0n) is 13.3. The summed E-state index contributed by atoms with van der Waals surface area (Å²) in [5.41, 5.74) is -1.62. The van der Waals surface area contributed by atoms with Crippen LogP contribution >= 0.6 is 0 Å². The molecule has 0 unspecified atom stereocenters. The zero-order chi connectivity index (χ0) is 19.1. The number of rotatable bonds is 2. The van der Waals surface area contributed by atoms with Gasteiger partial charge in [0.15, 0.2) is 0 Å². The molecule has 3 nitrogen and oxygen atoms in total. The Balaban J connectivity index is 2.07. The number of hydrogen-bond acceptors (Lipinski definition) is 3. The summed E-state index contributed by atoms with van der Waals surface area (Å²) in [5, 5.41) is 18.8. The maximum Gasteiger partial charge on any atom is 0.417 e. The molecule has 0 amide bonds. The Morgan fingerprint density at radius 1 is 1.12 bits per heavy atom. The molecule has 136 valence electrons. The van der Waals surface area contributed by atoms with Crippen molar-refractivity contribution in [3.63, 3.8) is 0 Å². The van der Waals surface area contributed by atoms with Gasteiger partial charge in [-0.15, -0.1) is 0 Å². The molecule has 26 heavy (non-hydrogen) atoms. The van der Waals surface area contributed by atoms with Crippen LogP contribution in [0.15, 0.2) is 36.4 Å². The summed E-state index contributed by atoms with van der Waals surface area (Å²) in [6.45, 7) is -0.0379. The predicted octanol–water partition coefficient (Wildman–Crippen LogP) is 4.17. The van der Waals surface area contributed by atoms with Crippen LogP contribution in [0.3, 0.4) is 0 Å². The Morgan fingerprint density at radius 3 is 2.50 bits per heavy atom. The molecule has 3 rings (SSSR count). The molecule has 1 saturated heterocycles. The highest BCUT2D eigenvalue weighted by Gasteiger charge is 2.37. The van der Waals surface area contributed by atoms with Crippen LogP contribution in [0.5, 0.6) is 0 Å². The Hall–Kier alpha value is -2.66. The van der Waals surface area contributed by atoms with Gasteiger partial charge in [-0.1, -0.05) is 0 Å². The lowest BCUT2D eigenvalue weighted by molar-refractivity contribution is -0.137. The molecular weight excluding hydrogens is 355 g/mol. The van der Waals surface area contributed by atoms with Gasteiger partial charge in [-0.2, -0.15) is 18.4 Å². The molecule has 0 aliphatic carbocycles. The lowest BCUT2D eigenvalue weighted by Crippen LogP contribution is -2.25. The maximum atomic E-state index is 14.1. The van der Waals surface area contributed by atoms with Crippen molar-refractivity contribution in [1.29, 1.82) is 5.26 Å². The molecule has 1 aliphatic rings. The normalized spacial score (nSPS) is 20.3. The van der Waals surface area contributed by atoms with E-state index < -0.39 is 41.1 Å². The van der Waals surface area contributed by atoms with Crippen molar-refractivity contribution in [1.82, 2.24) is 0 Å². The minimum Gasteiger partial charge on any atom is -0.391 e. The highest BCUT2D eigenvalue weighted by molar-refractivity contribution is 5.57. The molecule has 0 saturated carbocycles. The molecule has 2 aromatic carbocycles. The van der Waals surface area contributed by atoms with Crippen molar-refractivity contribution < 1.29 is 27.1 Å². The summed E-state index contributed by atoms with van der Waals surface area (Å²) >= 11 is 0. The first-order chi connectivity index (χ1) is 12.2. The van der Waals surface area contributed by atoms with Crippen LogP contribution in [-0.4, -0.2) is 17.8 Å². The van der Waals surface area contributed by atoms with E-state index in [0.29, 0.717) is 0 Å². The van der Waals surface area contributed by atoms with Gasteiger partial charge in [0.1, 0.15) is 11.6 Å². The summed E-state index contributed by atoms with van der Waals surface area (Å²) < 4.78 is 67.2. The standard InChI is InChI=1S/C18H13F5N2O/c19-11-2-4-16(20)14(5-11)17-7-13(26)9-25(17)12-3-1-10(8-24)15(6-12)18(21,22)23/h1-6,13,17,26H,7,9H2/t13-,17+/m0/s1. The van der Waals surface area contributed by atoms with Gasteiger partial charge < -0.3 is 10.0 Å². The fourth-order valence-electron chi connectivity index (χ4n) is 3.21. The van der Waals surface area contributed by atoms with Crippen molar-refractivity contribution in [3.05, 3.63) is 64.7 Å². The number of nitriles is 1. The maximum absolute atomic E-state index is 14.1. The molecule has 0 aromatic heterocycles. The molecule has 8 heteroatoms. The van der Waals surface area contributed by atoms with Gasteiger partial charge in [-0.05, 0) is 42.8 Å². The van der Waals surface area contributed by atoms with Crippen LogP contribution in [-0.2, 0) is 6.18 Å². The minimum atomic E-state index is -4.74. The molecule has 0 spiro atoms. The molecule has 2 aromatic rings. The number of alkyl halides is 3. The van der Waals surface area contributed by atoms with Crippen LogP contribution < -0.4 is 4.90 Å². The SMILES string of the molecule is N#Cc1ccc(N2C[C@@H](O)C[C@@H]2c2cc(F)ccc2F)cc1C(F)(F)F. The molecule has 0 radical (unpaired) electrons. The summed E-state index contributed by atoms with van der Waals surface area (Å²) in [7, 11) is 0. The fourth-order valence-corrected chi connectivity index (χ4v) is 3.21. The fraction of sp³-hybridized carbons (Fsp3) is 0.278. The summed E-state index contributed by atoms with van der Waals surface area (Å²) in [5.74, 6) is -1.39. The Labute approximate surface area is 145 Å². The lowest BCUT2D eigenvalue weighted by atomic mass is 10.0. The summed E-state index contributed by atoms with van der Waals surface area (Å²) in [6.07, 6.45) is -5.60. The van der Waals surface area contributed by atoms with E-state index in [1.165, 1.54) is 17.0 Å². The average molecular weight is 368 g/mol. The van der Waals surface area contributed by atoms with Crippen LogP contribution in [0.2, 0.25) is 0 Å². The summed E-state index contributed by atoms with van der Waals surface area (Å²) in [6, 6.07) is 6.64. The van der Waals surface area contributed by atoms with E-state index in [4.69, 9.17) is 5.26 Å². The molecule has 1 heterocycles. The quantitative estimate of drug-likeness (QED) is 0.810. The van der Waals surface area contributed by atoms with Crippen molar-refractivity contribution in [2.75, 3.05) is 11.4 Å². The highest BCUT2D eigenvalue weighted by atomic mass is 19.4. The van der Waals surface area contributed by atoms with Gasteiger partial charge in [0, 0.05) is 17.8 Å². The zero-order valence-corrected chi connectivity index (χ0v) is 13.3. The predicted molar refractivity (Wildman–Crippen MR) is 83.2 cm³/mol. The first kappa shape index (κ1) is 18.1. The monoisotopic (exact) mass is 368 g/mol. The van der Waals surface area contributed by atoms with Crippen LogP contribution in [0, 0.1) is 23.0 Å². The van der Waals surface area contributed by atoms with E-state index in [2.05, 4.69) is 0 Å². The largest absolute Gasteiger partial charge is 0.417 e. The van der Waals surface area contributed by atoms with E-state index in [1.54, 1.807) is 0 Å². The number of aliphatic hydroxyl groups excluding tert-OH is 1. The third-order valence-corrected chi connectivity index (χ3v) is 4.36. The van der Waals surface area contributed by atoms with Gasteiger partial charge >= 0.3 is 6.18 Å². The van der Waals surface area contributed by atoms with Gasteiger partial charge in [0.05, 0.1) is 29.3 Å². The number of anilines is 1. The second-order valence-electron chi connectivity index (χ2n) is 6.06. The van der Waals surface area contributed by atoms with E-state index in [-0.39, 0.29) is 24.2 Å². The Morgan fingerprint density at radius 2 is 1.85 bits per heavy atom. The highest BCUT2D eigenvalue weighted by Crippen LogP contribution is 2.40. The van der Waals surface area contributed by atoms with E-state index in [1.807, 2.05) is 0 Å². The lowest BCUT2D eigenvalue weighted by Gasteiger charge is -2.28. The second kappa shape index (κ2) is 6.57. The van der Waals surface area contributed by atoms with E-state index in [0.717, 1.165) is 30.3 Å². The van der Waals surface area contributed by atoms with Crippen molar-refractivity contribution >= 4 is 5.69 Å².